The highest BCUT2D eigenvalue weighted by molar-refractivity contribution is 5.94. The van der Waals surface area contributed by atoms with Crippen LogP contribution in [0.1, 0.15) is 67.2 Å². The van der Waals surface area contributed by atoms with E-state index in [1.807, 2.05) is 19.9 Å². The third-order valence-electron chi connectivity index (χ3n) is 7.54. The number of ketones is 1. The summed E-state index contributed by atoms with van der Waals surface area (Å²) in [4.78, 5) is 37.0. The van der Waals surface area contributed by atoms with Gasteiger partial charge >= 0.3 is 11.9 Å². The minimum atomic E-state index is -0.565. The first kappa shape index (κ1) is 24.4. The van der Waals surface area contributed by atoms with Crippen molar-refractivity contribution in [1.82, 2.24) is 0 Å². The lowest BCUT2D eigenvalue weighted by Crippen LogP contribution is -2.50. The van der Waals surface area contributed by atoms with Gasteiger partial charge in [-0.15, -0.1) is 0 Å². The number of ether oxygens (including phenoxy) is 3. The van der Waals surface area contributed by atoms with E-state index < -0.39 is 12.1 Å². The first-order valence-electron chi connectivity index (χ1n) is 11.4. The lowest BCUT2D eigenvalue weighted by molar-refractivity contribution is -0.142. The summed E-state index contributed by atoms with van der Waals surface area (Å²) >= 11 is 0. The van der Waals surface area contributed by atoms with Crippen molar-refractivity contribution < 1.29 is 28.6 Å². The number of allylic oxidation sites excluding steroid dienone is 2. The van der Waals surface area contributed by atoms with Gasteiger partial charge in [0.15, 0.2) is 0 Å². The SMILES string of the molecule is COC(C)(C)C1CCC2(C)CC1C1=C(C(CC(C)=O)OC1=O)C2C=COC(=O)C=C(C)C. The molecule has 0 radical (unpaired) electrons. The molecule has 0 aromatic rings. The molecule has 176 valence electrons. The van der Waals surface area contributed by atoms with Crippen LogP contribution in [0.4, 0.5) is 0 Å². The van der Waals surface area contributed by atoms with E-state index in [0.29, 0.717) is 5.57 Å². The van der Waals surface area contributed by atoms with E-state index in [2.05, 4.69) is 20.8 Å². The molecule has 0 spiro atoms. The van der Waals surface area contributed by atoms with Crippen molar-refractivity contribution in [3.05, 3.63) is 35.1 Å². The molecule has 0 aromatic heterocycles. The third-order valence-corrected chi connectivity index (χ3v) is 7.54. The van der Waals surface area contributed by atoms with Crippen molar-refractivity contribution in [1.29, 1.82) is 0 Å². The van der Waals surface area contributed by atoms with Crippen LogP contribution in [-0.2, 0) is 28.6 Å². The van der Waals surface area contributed by atoms with E-state index in [1.165, 1.54) is 19.3 Å². The molecule has 6 heteroatoms. The van der Waals surface area contributed by atoms with Gasteiger partial charge in [-0.05, 0) is 82.8 Å². The first-order chi connectivity index (χ1) is 14.9. The highest BCUT2D eigenvalue weighted by Crippen LogP contribution is 2.61. The van der Waals surface area contributed by atoms with E-state index in [-0.39, 0.29) is 46.9 Å². The molecule has 3 rings (SSSR count). The quantitative estimate of drug-likeness (QED) is 0.322. The lowest BCUT2D eigenvalue weighted by atomic mass is 9.51. The maximum atomic E-state index is 13.1. The van der Waals surface area contributed by atoms with Gasteiger partial charge in [-0.25, -0.2) is 9.59 Å². The maximum absolute atomic E-state index is 13.1. The Morgan fingerprint density at radius 2 is 1.94 bits per heavy atom. The molecule has 1 saturated carbocycles. The van der Waals surface area contributed by atoms with E-state index in [1.54, 1.807) is 7.11 Å². The summed E-state index contributed by atoms with van der Waals surface area (Å²) in [6, 6.07) is 0. The highest BCUT2D eigenvalue weighted by atomic mass is 16.5. The largest absolute Gasteiger partial charge is 0.454 e. The number of cyclic esters (lactones) is 1. The maximum Gasteiger partial charge on any atom is 0.335 e. The van der Waals surface area contributed by atoms with Gasteiger partial charge in [0.05, 0.1) is 11.9 Å². The Bertz CT molecular complexity index is 888. The predicted molar refractivity (Wildman–Crippen MR) is 120 cm³/mol. The van der Waals surface area contributed by atoms with Crippen molar-refractivity contribution in [2.75, 3.05) is 7.11 Å². The second kappa shape index (κ2) is 8.97. The molecule has 5 unspecified atom stereocenters. The molecule has 2 bridgehead atoms. The molecule has 5 atom stereocenters. The fraction of sp³-hybridized carbons (Fsp3) is 0.654. The Balaban J connectivity index is 2.05. The van der Waals surface area contributed by atoms with Gasteiger partial charge in [-0.1, -0.05) is 12.5 Å². The zero-order valence-corrected chi connectivity index (χ0v) is 20.3. The molecular weight excluding hydrogens is 408 g/mol. The summed E-state index contributed by atoms with van der Waals surface area (Å²) in [5.41, 5.74) is 1.93. The molecule has 1 aliphatic heterocycles. The first-order valence-corrected chi connectivity index (χ1v) is 11.4. The van der Waals surface area contributed by atoms with Gasteiger partial charge in [0.1, 0.15) is 11.9 Å². The van der Waals surface area contributed by atoms with Crippen molar-refractivity contribution in [3.8, 4) is 0 Å². The van der Waals surface area contributed by atoms with Gasteiger partial charge in [0.25, 0.3) is 0 Å². The monoisotopic (exact) mass is 444 g/mol. The number of hydrogen-bond acceptors (Lipinski definition) is 6. The zero-order chi connectivity index (χ0) is 23.8. The summed E-state index contributed by atoms with van der Waals surface area (Å²) in [5, 5.41) is 0. The van der Waals surface area contributed by atoms with Gasteiger partial charge in [-0.2, -0.15) is 0 Å². The van der Waals surface area contributed by atoms with Crippen LogP contribution in [-0.4, -0.2) is 36.5 Å². The second-order valence-electron chi connectivity index (χ2n) is 10.6. The molecule has 1 fully saturated rings. The molecule has 32 heavy (non-hydrogen) atoms. The van der Waals surface area contributed by atoms with Gasteiger partial charge in [-0.3, -0.25) is 4.79 Å². The van der Waals surface area contributed by atoms with Crippen LogP contribution in [0.2, 0.25) is 0 Å². The molecule has 6 nitrogen and oxygen atoms in total. The number of rotatable bonds is 7. The molecular formula is C26H36O6. The van der Waals surface area contributed by atoms with E-state index in [0.717, 1.165) is 30.4 Å². The number of hydrogen-bond donors (Lipinski definition) is 0. The Labute approximate surface area is 191 Å². The summed E-state index contributed by atoms with van der Waals surface area (Å²) in [6.45, 7) is 11.5. The minimum Gasteiger partial charge on any atom is -0.454 e. The third kappa shape index (κ3) is 4.61. The molecule has 0 N–H and O–H groups in total. The molecule has 0 saturated heterocycles. The molecule has 3 aliphatic rings. The van der Waals surface area contributed by atoms with Crippen molar-refractivity contribution in [2.24, 2.45) is 23.2 Å². The zero-order valence-electron chi connectivity index (χ0n) is 20.3. The van der Waals surface area contributed by atoms with Crippen LogP contribution in [0.15, 0.2) is 35.1 Å². The van der Waals surface area contributed by atoms with Crippen LogP contribution < -0.4 is 0 Å². The summed E-state index contributed by atoms with van der Waals surface area (Å²) in [7, 11) is 1.71. The number of Topliss-reactive ketones (excluding diaryl/α,β-unsaturated/α-hetero) is 1. The predicted octanol–water partition coefficient (Wildman–Crippen LogP) is 4.69. The standard InChI is InChI=1S/C26H36O6/c1-15(2)12-21(28)31-11-9-19-23-20(13-16(3)27)32-24(29)22(23)17-14-26(19,6)10-8-18(17)25(4,5)30-7/h9,11-12,17-20H,8,10,13-14H2,1-7H3. The summed E-state index contributed by atoms with van der Waals surface area (Å²) < 4.78 is 16.9. The van der Waals surface area contributed by atoms with E-state index in [9.17, 15) is 14.4 Å². The minimum absolute atomic E-state index is 0.0148. The Hall–Kier alpha value is -2.21. The summed E-state index contributed by atoms with van der Waals surface area (Å²) in [5.74, 6) is -0.730. The number of fused-ring (bicyclic) bond motifs is 3. The number of methoxy groups -OCH3 is 1. The van der Waals surface area contributed by atoms with Gasteiger partial charge < -0.3 is 14.2 Å². The normalized spacial score (nSPS) is 31.9. The Kier molecular flexibility index (Phi) is 6.85. The number of esters is 2. The Morgan fingerprint density at radius 1 is 1.25 bits per heavy atom. The topological polar surface area (TPSA) is 78.9 Å². The molecule has 2 aliphatic carbocycles. The Morgan fingerprint density at radius 3 is 2.53 bits per heavy atom. The van der Waals surface area contributed by atoms with E-state index in [4.69, 9.17) is 14.2 Å². The van der Waals surface area contributed by atoms with Crippen LogP contribution in [0.5, 0.6) is 0 Å². The number of carbonyl (C=O) groups is 3. The molecule has 0 aromatic carbocycles. The van der Waals surface area contributed by atoms with Gasteiger partial charge in [0.2, 0.25) is 0 Å². The summed E-state index contributed by atoms with van der Waals surface area (Å²) in [6.07, 6.45) is 7.02. The fourth-order valence-electron chi connectivity index (χ4n) is 5.86. The van der Waals surface area contributed by atoms with Crippen molar-refractivity contribution in [3.63, 3.8) is 0 Å². The van der Waals surface area contributed by atoms with Crippen LogP contribution in [0.25, 0.3) is 0 Å². The van der Waals surface area contributed by atoms with Gasteiger partial charge in [0, 0.05) is 31.1 Å². The molecule has 1 heterocycles. The smallest absolute Gasteiger partial charge is 0.335 e. The van der Waals surface area contributed by atoms with Crippen LogP contribution in [0.3, 0.4) is 0 Å². The fourth-order valence-corrected chi connectivity index (χ4v) is 5.86. The van der Waals surface area contributed by atoms with Crippen molar-refractivity contribution >= 4 is 17.7 Å². The van der Waals surface area contributed by atoms with Crippen LogP contribution >= 0.6 is 0 Å². The van der Waals surface area contributed by atoms with E-state index >= 15 is 0 Å². The average molecular weight is 445 g/mol. The molecule has 0 amide bonds. The van der Waals surface area contributed by atoms with Crippen molar-refractivity contribution in [2.45, 2.75) is 78.9 Å². The highest BCUT2D eigenvalue weighted by Gasteiger charge is 2.57. The number of carbonyl (C=O) groups excluding carboxylic acids is 3. The van der Waals surface area contributed by atoms with Crippen LogP contribution in [0, 0.1) is 23.2 Å². The lowest BCUT2D eigenvalue weighted by Gasteiger charge is -2.53. The second-order valence-corrected chi connectivity index (χ2v) is 10.6. The average Bonchev–Trinajstić information content (AvgIpc) is 2.98.